The lowest BCUT2D eigenvalue weighted by Crippen LogP contribution is -2.36. The number of allylic oxidation sites excluding steroid dienone is 1. The lowest BCUT2D eigenvalue weighted by Gasteiger charge is -2.25. The molecule has 130 valence electrons. The van der Waals surface area contributed by atoms with E-state index >= 15 is 0 Å². The number of carbonyl (C=O) groups excluding carboxylic acids is 1. The van der Waals surface area contributed by atoms with Crippen LogP contribution in [0.4, 0.5) is 5.69 Å². The fraction of sp³-hybridized carbons (Fsp3) is 0.474. The number of benzene rings is 1. The maximum Gasteiger partial charge on any atom is 0.303 e. The maximum atomic E-state index is 12.2. The molecule has 0 aromatic heterocycles. The highest BCUT2D eigenvalue weighted by Crippen LogP contribution is 2.28. The van der Waals surface area contributed by atoms with Gasteiger partial charge in [-0.1, -0.05) is 24.3 Å². The van der Waals surface area contributed by atoms with Gasteiger partial charge in [0.15, 0.2) is 0 Å². The van der Waals surface area contributed by atoms with Crippen LogP contribution in [0.25, 0.3) is 5.57 Å². The van der Waals surface area contributed by atoms with Crippen molar-refractivity contribution in [3.8, 4) is 0 Å². The van der Waals surface area contributed by atoms with Gasteiger partial charge < -0.3 is 14.7 Å². The third-order valence-electron chi connectivity index (χ3n) is 4.20. The van der Waals surface area contributed by atoms with Gasteiger partial charge >= 0.3 is 5.97 Å². The molecule has 1 N–H and O–H groups in total. The van der Waals surface area contributed by atoms with Crippen LogP contribution in [0.1, 0.15) is 44.6 Å². The van der Waals surface area contributed by atoms with Crippen LogP contribution in [0.15, 0.2) is 30.8 Å². The van der Waals surface area contributed by atoms with Gasteiger partial charge in [0.2, 0.25) is 5.91 Å². The van der Waals surface area contributed by atoms with E-state index in [0.717, 1.165) is 29.7 Å². The molecule has 1 aliphatic heterocycles. The van der Waals surface area contributed by atoms with Crippen LogP contribution in [-0.2, 0) is 14.3 Å². The zero-order chi connectivity index (χ0) is 17.5. The number of aliphatic carboxylic acids is 1. The largest absolute Gasteiger partial charge is 0.481 e. The number of nitrogens with zero attached hydrogens (tertiary/aromatic N) is 1. The summed E-state index contributed by atoms with van der Waals surface area (Å²) in [5.74, 6) is -0.654. The van der Waals surface area contributed by atoms with Crippen LogP contribution < -0.4 is 4.90 Å². The van der Waals surface area contributed by atoms with Gasteiger partial charge in [-0.2, -0.15) is 0 Å². The molecule has 1 aromatic rings. The van der Waals surface area contributed by atoms with Crippen LogP contribution in [0.2, 0.25) is 0 Å². The lowest BCUT2D eigenvalue weighted by atomic mass is 10.1. The van der Waals surface area contributed by atoms with Crippen molar-refractivity contribution >= 4 is 23.1 Å². The zero-order valence-electron chi connectivity index (χ0n) is 14.2. The van der Waals surface area contributed by atoms with Crippen LogP contribution >= 0.6 is 0 Å². The summed E-state index contributed by atoms with van der Waals surface area (Å²) in [6.07, 6.45) is 2.84. The van der Waals surface area contributed by atoms with Crippen molar-refractivity contribution in [3.05, 3.63) is 36.4 Å². The van der Waals surface area contributed by atoms with E-state index in [1.54, 1.807) is 0 Å². The number of hydrogen-bond acceptors (Lipinski definition) is 3. The summed E-state index contributed by atoms with van der Waals surface area (Å²) in [5, 5.41) is 8.60. The zero-order valence-corrected chi connectivity index (χ0v) is 14.2. The molecule has 1 amide bonds. The molecule has 0 bridgehead atoms. The highest BCUT2D eigenvalue weighted by Gasteiger charge is 2.32. The lowest BCUT2D eigenvalue weighted by molar-refractivity contribution is -0.137. The number of ether oxygens (including phenoxy) is 1. The molecular weight excluding hydrogens is 306 g/mol. The maximum absolute atomic E-state index is 12.2. The van der Waals surface area contributed by atoms with Gasteiger partial charge in [0.25, 0.3) is 0 Å². The first-order valence-corrected chi connectivity index (χ1v) is 8.36. The minimum atomic E-state index is -0.777. The number of amides is 1. The normalized spacial score (nSPS) is 17.3. The molecule has 5 nitrogen and oxygen atoms in total. The third kappa shape index (κ3) is 4.93. The molecule has 1 heterocycles. The van der Waals surface area contributed by atoms with E-state index < -0.39 is 5.97 Å². The Morgan fingerprint density at radius 3 is 2.67 bits per heavy atom. The van der Waals surface area contributed by atoms with Crippen molar-refractivity contribution in [2.75, 3.05) is 18.1 Å². The molecule has 1 aliphatic rings. The van der Waals surface area contributed by atoms with E-state index in [-0.39, 0.29) is 18.4 Å². The van der Waals surface area contributed by atoms with Crippen molar-refractivity contribution in [2.45, 2.75) is 45.1 Å². The summed E-state index contributed by atoms with van der Waals surface area (Å²) in [6.45, 7) is 6.89. The van der Waals surface area contributed by atoms with Crippen LogP contribution in [-0.4, -0.2) is 36.2 Å². The Kier molecular flexibility index (Phi) is 6.55. The van der Waals surface area contributed by atoms with E-state index in [0.29, 0.717) is 26.1 Å². The quantitative estimate of drug-likeness (QED) is 0.703. The number of unbranched alkanes of at least 4 members (excludes halogenated alkanes) is 1. The SMILES string of the molecule is C=C(C)c1ccc(N2C(=O)CC[C@H]2COCCCCC(=O)O)cc1. The summed E-state index contributed by atoms with van der Waals surface area (Å²) >= 11 is 0. The Labute approximate surface area is 142 Å². The van der Waals surface area contributed by atoms with E-state index in [4.69, 9.17) is 9.84 Å². The van der Waals surface area contributed by atoms with E-state index in [1.807, 2.05) is 36.1 Å². The van der Waals surface area contributed by atoms with Gasteiger partial charge in [0, 0.05) is 25.1 Å². The molecule has 0 aliphatic carbocycles. The smallest absolute Gasteiger partial charge is 0.303 e. The van der Waals surface area contributed by atoms with Gasteiger partial charge in [0.05, 0.1) is 12.6 Å². The third-order valence-corrected chi connectivity index (χ3v) is 4.20. The van der Waals surface area contributed by atoms with Crippen LogP contribution in [0.5, 0.6) is 0 Å². The van der Waals surface area contributed by atoms with Crippen molar-refractivity contribution in [1.29, 1.82) is 0 Å². The molecule has 0 saturated carbocycles. The molecule has 24 heavy (non-hydrogen) atoms. The summed E-state index contributed by atoms with van der Waals surface area (Å²) < 4.78 is 5.66. The summed E-state index contributed by atoms with van der Waals surface area (Å²) in [4.78, 5) is 24.5. The number of rotatable bonds is 9. The second kappa shape index (κ2) is 8.64. The predicted molar refractivity (Wildman–Crippen MR) is 94.0 cm³/mol. The van der Waals surface area contributed by atoms with Gasteiger partial charge in [-0.15, -0.1) is 0 Å². The minimum Gasteiger partial charge on any atom is -0.481 e. The fourth-order valence-corrected chi connectivity index (χ4v) is 2.86. The Morgan fingerprint density at radius 2 is 2.04 bits per heavy atom. The van der Waals surface area contributed by atoms with Gasteiger partial charge in [0.1, 0.15) is 0 Å². The monoisotopic (exact) mass is 331 g/mol. The Hall–Kier alpha value is -2.14. The number of anilines is 1. The first-order valence-electron chi connectivity index (χ1n) is 8.36. The first-order chi connectivity index (χ1) is 11.5. The van der Waals surface area contributed by atoms with Gasteiger partial charge in [-0.25, -0.2) is 0 Å². The molecule has 1 aromatic carbocycles. The first kappa shape index (κ1) is 18.2. The second-order valence-electron chi connectivity index (χ2n) is 6.21. The summed E-state index contributed by atoms with van der Waals surface area (Å²) in [7, 11) is 0. The number of carboxylic acid groups (broad SMARTS) is 1. The van der Waals surface area contributed by atoms with Crippen LogP contribution in [0.3, 0.4) is 0 Å². The molecule has 0 radical (unpaired) electrons. The molecule has 1 saturated heterocycles. The molecule has 1 fully saturated rings. The van der Waals surface area contributed by atoms with Crippen LogP contribution in [0, 0.1) is 0 Å². The number of carboxylic acids is 1. The molecule has 0 unspecified atom stereocenters. The van der Waals surface area contributed by atoms with Crippen molar-refractivity contribution < 1.29 is 19.4 Å². The number of carbonyl (C=O) groups is 2. The molecular formula is C19H25NO4. The Bertz CT molecular complexity index is 594. The van der Waals surface area contributed by atoms with Crippen molar-refractivity contribution in [1.82, 2.24) is 0 Å². The average molecular weight is 331 g/mol. The van der Waals surface area contributed by atoms with Crippen molar-refractivity contribution in [2.24, 2.45) is 0 Å². The topological polar surface area (TPSA) is 66.8 Å². The average Bonchev–Trinajstić information content (AvgIpc) is 2.91. The molecule has 0 spiro atoms. The molecule has 5 heteroatoms. The number of hydrogen-bond donors (Lipinski definition) is 1. The second-order valence-corrected chi connectivity index (χ2v) is 6.21. The predicted octanol–water partition coefficient (Wildman–Crippen LogP) is 3.49. The van der Waals surface area contributed by atoms with Crippen molar-refractivity contribution in [3.63, 3.8) is 0 Å². The minimum absolute atomic E-state index is 0.0488. The molecule has 1 atom stereocenters. The van der Waals surface area contributed by atoms with Gasteiger partial charge in [-0.05, 0) is 43.9 Å². The Morgan fingerprint density at radius 1 is 1.33 bits per heavy atom. The van der Waals surface area contributed by atoms with E-state index in [1.165, 1.54) is 0 Å². The summed E-state index contributed by atoms with van der Waals surface area (Å²) in [5.41, 5.74) is 2.95. The highest BCUT2D eigenvalue weighted by molar-refractivity contribution is 5.96. The Balaban J connectivity index is 1.87. The van der Waals surface area contributed by atoms with E-state index in [2.05, 4.69) is 6.58 Å². The van der Waals surface area contributed by atoms with Gasteiger partial charge in [-0.3, -0.25) is 9.59 Å². The standard InChI is InChI=1S/C19H25NO4/c1-14(2)15-6-8-16(9-7-15)20-17(10-11-18(20)21)13-24-12-4-3-5-19(22)23/h6-9,17H,1,3-5,10-13H2,2H3,(H,22,23)/t17-/m0/s1. The highest BCUT2D eigenvalue weighted by atomic mass is 16.5. The summed E-state index contributed by atoms with van der Waals surface area (Å²) in [6, 6.07) is 7.91. The molecule has 2 rings (SSSR count). The fourth-order valence-electron chi connectivity index (χ4n) is 2.86. The van der Waals surface area contributed by atoms with E-state index in [9.17, 15) is 9.59 Å².